The van der Waals surface area contributed by atoms with E-state index in [1.165, 1.54) is 0 Å². The van der Waals surface area contributed by atoms with Gasteiger partial charge in [-0.05, 0) is 18.2 Å². The molecule has 0 radical (unpaired) electrons. The maximum absolute atomic E-state index is 13.3. The maximum atomic E-state index is 13.3. The number of nitrogens with zero attached hydrogens (tertiary/aromatic N) is 2. The molecule has 1 aromatic carbocycles. The molecule has 1 amide bonds. The van der Waals surface area contributed by atoms with Gasteiger partial charge in [0.25, 0.3) is 5.91 Å². The number of carbonyl (C=O) groups is 1. The van der Waals surface area contributed by atoms with Gasteiger partial charge in [-0.25, -0.2) is 13.4 Å². The first-order valence-corrected chi connectivity index (χ1v) is 11.0. The van der Waals surface area contributed by atoms with Gasteiger partial charge in [-0.1, -0.05) is 18.2 Å². The van der Waals surface area contributed by atoms with Crippen LogP contribution >= 0.6 is 11.3 Å². The number of sulfone groups is 1. The van der Waals surface area contributed by atoms with Crippen LogP contribution in [0.5, 0.6) is 0 Å². The van der Waals surface area contributed by atoms with Crippen LogP contribution < -0.4 is 21.7 Å². The predicted octanol–water partition coefficient (Wildman–Crippen LogP) is 1.19. The van der Waals surface area contributed by atoms with Crippen LogP contribution in [0.25, 0.3) is 10.2 Å². The fraction of sp³-hybridized carbons (Fsp3) is 0.222. The van der Waals surface area contributed by atoms with Crippen molar-refractivity contribution in [2.24, 2.45) is 5.73 Å². The Bertz CT molecular complexity index is 1140. The number of aromatic nitrogens is 1. The second-order valence-corrected chi connectivity index (χ2v) is 9.53. The molecule has 0 saturated carbocycles. The number of thiophene rings is 1. The lowest BCUT2D eigenvalue weighted by atomic mass is 10.2. The SMILES string of the molecule is NC(=O)c1sc2nccc(N3CCNCC3S(=O)(=O)c3ccccc3)c2c1N. The molecule has 1 aliphatic rings. The summed E-state index contributed by atoms with van der Waals surface area (Å²) in [7, 11) is -3.64. The third-order valence-electron chi connectivity index (χ3n) is 4.77. The molecule has 1 atom stereocenters. The number of nitrogens with two attached hydrogens (primary N) is 2. The standard InChI is InChI=1S/C18H19N5O3S2/c19-15-14-12(6-7-22-18(14)27-16(15)17(20)24)23-9-8-21-10-13(23)28(25,26)11-4-2-1-3-5-11/h1-7,13,21H,8-10,19H2,(H2,20,24). The molecule has 3 aromatic rings. The Morgan fingerprint density at radius 3 is 2.71 bits per heavy atom. The summed E-state index contributed by atoms with van der Waals surface area (Å²) in [6.07, 6.45) is 1.59. The predicted molar refractivity (Wildman–Crippen MR) is 110 cm³/mol. The van der Waals surface area contributed by atoms with E-state index in [0.717, 1.165) is 11.3 Å². The van der Waals surface area contributed by atoms with Crippen molar-refractivity contribution in [1.29, 1.82) is 0 Å². The first-order valence-electron chi connectivity index (χ1n) is 8.64. The van der Waals surface area contributed by atoms with Gasteiger partial charge in [-0.3, -0.25) is 4.79 Å². The molecule has 1 aliphatic heterocycles. The van der Waals surface area contributed by atoms with Crippen molar-refractivity contribution in [3.63, 3.8) is 0 Å². The third-order valence-corrected chi connectivity index (χ3v) is 7.96. The van der Waals surface area contributed by atoms with E-state index in [-0.39, 0.29) is 22.0 Å². The van der Waals surface area contributed by atoms with E-state index in [1.54, 1.807) is 42.6 Å². The zero-order valence-electron chi connectivity index (χ0n) is 14.8. The Morgan fingerprint density at radius 2 is 2.00 bits per heavy atom. The zero-order valence-corrected chi connectivity index (χ0v) is 16.5. The lowest BCUT2D eigenvalue weighted by Crippen LogP contribution is -2.55. The molecule has 1 unspecified atom stereocenters. The normalized spacial score (nSPS) is 17.7. The summed E-state index contributed by atoms with van der Waals surface area (Å²) >= 11 is 1.11. The summed E-state index contributed by atoms with van der Waals surface area (Å²) in [5, 5.41) is 2.91. The van der Waals surface area contributed by atoms with Gasteiger partial charge in [0.05, 0.1) is 21.7 Å². The minimum absolute atomic E-state index is 0.229. The Hall–Kier alpha value is -2.69. The van der Waals surface area contributed by atoms with Gasteiger partial charge < -0.3 is 21.7 Å². The van der Waals surface area contributed by atoms with Crippen molar-refractivity contribution in [2.75, 3.05) is 30.3 Å². The molecule has 2 aromatic heterocycles. The molecule has 10 heteroatoms. The number of fused-ring (bicyclic) bond motifs is 1. The van der Waals surface area contributed by atoms with E-state index in [2.05, 4.69) is 10.3 Å². The molecule has 0 aliphatic carbocycles. The average Bonchev–Trinajstić information content (AvgIpc) is 3.06. The van der Waals surface area contributed by atoms with E-state index < -0.39 is 21.1 Å². The van der Waals surface area contributed by atoms with Crippen LogP contribution in [0.15, 0.2) is 47.5 Å². The summed E-state index contributed by atoms with van der Waals surface area (Å²) in [6, 6.07) is 10.1. The molecule has 3 heterocycles. The summed E-state index contributed by atoms with van der Waals surface area (Å²) in [5.41, 5.74) is 12.5. The molecule has 8 nitrogen and oxygen atoms in total. The Morgan fingerprint density at radius 1 is 1.25 bits per heavy atom. The first kappa shape index (κ1) is 18.7. The quantitative estimate of drug-likeness (QED) is 0.581. The number of carbonyl (C=O) groups excluding carboxylic acids is 1. The van der Waals surface area contributed by atoms with Crippen LogP contribution in [-0.4, -0.2) is 44.3 Å². The number of amides is 1. The molecule has 4 rings (SSSR count). The van der Waals surface area contributed by atoms with Crippen LogP contribution in [0.2, 0.25) is 0 Å². The largest absolute Gasteiger partial charge is 0.397 e. The highest BCUT2D eigenvalue weighted by Gasteiger charge is 2.36. The fourth-order valence-corrected chi connectivity index (χ4v) is 6.13. The number of anilines is 2. The van der Waals surface area contributed by atoms with Gasteiger partial charge in [-0.15, -0.1) is 11.3 Å². The van der Waals surface area contributed by atoms with E-state index in [0.29, 0.717) is 29.0 Å². The molecule has 1 fully saturated rings. The number of pyridine rings is 1. The average molecular weight is 418 g/mol. The fourth-order valence-electron chi connectivity index (χ4n) is 3.45. The summed E-state index contributed by atoms with van der Waals surface area (Å²) < 4.78 is 26.6. The molecule has 1 saturated heterocycles. The summed E-state index contributed by atoms with van der Waals surface area (Å²) in [5.74, 6) is -0.625. The van der Waals surface area contributed by atoms with Crippen molar-refractivity contribution in [1.82, 2.24) is 10.3 Å². The van der Waals surface area contributed by atoms with E-state index >= 15 is 0 Å². The van der Waals surface area contributed by atoms with Gasteiger partial charge in [0.15, 0.2) is 0 Å². The van der Waals surface area contributed by atoms with E-state index in [9.17, 15) is 13.2 Å². The Labute approximate surface area is 166 Å². The molecule has 5 N–H and O–H groups in total. The van der Waals surface area contributed by atoms with Crippen LogP contribution in [0, 0.1) is 0 Å². The van der Waals surface area contributed by atoms with Crippen LogP contribution in [0.3, 0.4) is 0 Å². The maximum Gasteiger partial charge on any atom is 0.260 e. The number of piperazine rings is 1. The van der Waals surface area contributed by atoms with Crippen molar-refractivity contribution in [2.45, 2.75) is 10.3 Å². The van der Waals surface area contributed by atoms with Gasteiger partial charge in [-0.2, -0.15) is 0 Å². The lowest BCUT2D eigenvalue weighted by molar-refractivity contribution is 0.100. The number of nitrogens with one attached hydrogen (secondary N) is 1. The molecule has 0 spiro atoms. The van der Waals surface area contributed by atoms with E-state index in [1.807, 2.05) is 4.90 Å². The number of rotatable bonds is 4. The summed E-state index contributed by atoms with van der Waals surface area (Å²) in [6.45, 7) is 1.36. The van der Waals surface area contributed by atoms with Crippen molar-refractivity contribution in [3.05, 3.63) is 47.5 Å². The van der Waals surface area contributed by atoms with Gasteiger partial charge in [0, 0.05) is 25.8 Å². The summed E-state index contributed by atoms with van der Waals surface area (Å²) in [4.78, 5) is 18.8. The van der Waals surface area contributed by atoms with Crippen molar-refractivity contribution >= 4 is 48.7 Å². The van der Waals surface area contributed by atoms with Gasteiger partial charge in [0.2, 0.25) is 9.84 Å². The van der Waals surface area contributed by atoms with Crippen molar-refractivity contribution in [3.8, 4) is 0 Å². The van der Waals surface area contributed by atoms with E-state index in [4.69, 9.17) is 11.5 Å². The number of hydrogen-bond acceptors (Lipinski definition) is 8. The first-order chi connectivity index (χ1) is 13.4. The number of hydrogen-bond donors (Lipinski definition) is 3. The highest BCUT2D eigenvalue weighted by atomic mass is 32.2. The Balaban J connectivity index is 1.86. The van der Waals surface area contributed by atoms with Crippen LogP contribution in [0.4, 0.5) is 11.4 Å². The zero-order chi connectivity index (χ0) is 19.9. The Kier molecular flexibility index (Phi) is 4.69. The second kappa shape index (κ2) is 7.04. The topological polar surface area (TPSA) is 131 Å². The molecular weight excluding hydrogens is 398 g/mol. The molecular formula is C18H19N5O3S2. The van der Waals surface area contributed by atoms with Crippen LogP contribution in [-0.2, 0) is 9.84 Å². The smallest absolute Gasteiger partial charge is 0.260 e. The number of nitrogen functional groups attached to an aromatic ring is 1. The van der Waals surface area contributed by atoms with Crippen LogP contribution in [0.1, 0.15) is 9.67 Å². The third kappa shape index (κ3) is 2.99. The molecule has 0 bridgehead atoms. The molecule has 28 heavy (non-hydrogen) atoms. The number of benzene rings is 1. The number of primary amides is 1. The second-order valence-electron chi connectivity index (χ2n) is 6.43. The lowest BCUT2D eigenvalue weighted by Gasteiger charge is -2.37. The molecule has 146 valence electrons. The highest BCUT2D eigenvalue weighted by Crippen LogP contribution is 2.40. The highest BCUT2D eigenvalue weighted by molar-refractivity contribution is 7.92. The van der Waals surface area contributed by atoms with Gasteiger partial charge >= 0.3 is 0 Å². The monoisotopic (exact) mass is 417 g/mol. The van der Waals surface area contributed by atoms with Crippen molar-refractivity contribution < 1.29 is 13.2 Å². The minimum Gasteiger partial charge on any atom is -0.397 e. The van der Waals surface area contributed by atoms with Gasteiger partial charge in [0.1, 0.15) is 15.1 Å². The minimum atomic E-state index is -3.64.